The molecule has 0 amide bonds. The minimum atomic E-state index is -1.20. The summed E-state index contributed by atoms with van der Waals surface area (Å²) in [6.07, 6.45) is 1.82. The molecule has 0 saturated heterocycles. The summed E-state index contributed by atoms with van der Waals surface area (Å²) < 4.78 is 4.35. The molecule has 3 heterocycles. The van der Waals surface area contributed by atoms with Crippen LogP contribution in [0.25, 0.3) is 21.1 Å². The molecule has 9 heteroatoms. The number of carboxylic acids is 1. The lowest BCUT2D eigenvalue weighted by atomic mass is 10.1. The van der Waals surface area contributed by atoms with E-state index in [1.807, 2.05) is 36.7 Å². The van der Waals surface area contributed by atoms with Crippen LogP contribution in [0, 0.1) is 17.2 Å². The number of thiophene rings is 1. The number of aromatic carboxylic acids is 1. The fourth-order valence-electron chi connectivity index (χ4n) is 3.80. The predicted molar refractivity (Wildman–Crippen MR) is 119 cm³/mol. The number of hydrogen-bond donors (Lipinski definition) is 1. The van der Waals surface area contributed by atoms with E-state index in [4.69, 9.17) is 5.26 Å². The highest BCUT2D eigenvalue weighted by Crippen LogP contribution is 2.31. The first kappa shape index (κ1) is 20.6. The second kappa shape index (κ2) is 7.56. The molecule has 3 aromatic heterocycles. The van der Waals surface area contributed by atoms with Crippen LogP contribution in [-0.2, 0) is 20.1 Å². The van der Waals surface area contributed by atoms with Crippen LogP contribution in [0.2, 0.25) is 0 Å². The molecule has 31 heavy (non-hydrogen) atoms. The third-order valence-electron chi connectivity index (χ3n) is 5.22. The Morgan fingerprint density at radius 3 is 2.65 bits per heavy atom. The zero-order chi connectivity index (χ0) is 22.4. The van der Waals surface area contributed by atoms with Crippen molar-refractivity contribution in [3.8, 4) is 6.07 Å². The number of carboxylic acid groups (broad SMARTS) is 1. The van der Waals surface area contributed by atoms with E-state index in [-0.39, 0.29) is 23.4 Å². The molecule has 0 fully saturated rings. The van der Waals surface area contributed by atoms with Gasteiger partial charge in [0.1, 0.15) is 4.83 Å². The summed E-state index contributed by atoms with van der Waals surface area (Å²) in [7, 11) is 1.37. The highest BCUT2D eigenvalue weighted by Gasteiger charge is 2.25. The number of aromatic nitrogens is 3. The zero-order valence-corrected chi connectivity index (χ0v) is 18.1. The van der Waals surface area contributed by atoms with Crippen molar-refractivity contribution in [3.05, 3.63) is 67.3 Å². The second-order valence-electron chi connectivity index (χ2n) is 7.87. The molecular formula is C22H20N4O4S. The third-order valence-corrected chi connectivity index (χ3v) is 6.42. The van der Waals surface area contributed by atoms with Crippen molar-refractivity contribution in [1.82, 2.24) is 13.7 Å². The SMILES string of the molecule is CC(C)Cn1c(=O)n(C)c(=O)c2c(C(=O)O)c(Cn3ccc4cc(C#N)ccc43)sc21. The Morgan fingerprint density at radius 1 is 1.26 bits per heavy atom. The van der Waals surface area contributed by atoms with Crippen LogP contribution in [0.5, 0.6) is 0 Å². The molecule has 0 aliphatic heterocycles. The molecule has 1 aromatic carbocycles. The van der Waals surface area contributed by atoms with Crippen molar-refractivity contribution < 1.29 is 9.90 Å². The summed E-state index contributed by atoms with van der Waals surface area (Å²) in [5, 5.41) is 20.0. The van der Waals surface area contributed by atoms with Gasteiger partial charge in [0, 0.05) is 35.6 Å². The number of benzene rings is 1. The first-order chi connectivity index (χ1) is 14.7. The Balaban J connectivity index is 1.97. The van der Waals surface area contributed by atoms with Crippen LogP contribution in [0.1, 0.15) is 34.6 Å². The molecule has 1 N–H and O–H groups in total. The number of rotatable bonds is 5. The van der Waals surface area contributed by atoms with Gasteiger partial charge in [0.15, 0.2) is 0 Å². The minimum absolute atomic E-state index is 0.0615. The van der Waals surface area contributed by atoms with Crippen LogP contribution in [-0.4, -0.2) is 24.8 Å². The normalized spacial score (nSPS) is 11.5. The largest absolute Gasteiger partial charge is 0.478 e. The average molecular weight is 436 g/mol. The molecule has 0 atom stereocenters. The summed E-state index contributed by atoms with van der Waals surface area (Å²) in [4.78, 5) is 38.7. The van der Waals surface area contributed by atoms with Crippen molar-refractivity contribution in [1.29, 1.82) is 5.26 Å². The Labute approximate surface area is 180 Å². The number of carbonyl (C=O) groups is 1. The average Bonchev–Trinajstić information content (AvgIpc) is 3.31. The van der Waals surface area contributed by atoms with Crippen LogP contribution in [0.15, 0.2) is 40.1 Å². The van der Waals surface area contributed by atoms with E-state index in [9.17, 15) is 19.5 Å². The maximum Gasteiger partial charge on any atom is 0.337 e. The van der Waals surface area contributed by atoms with Gasteiger partial charge in [-0.1, -0.05) is 13.8 Å². The summed E-state index contributed by atoms with van der Waals surface area (Å²) in [6.45, 7) is 4.52. The Morgan fingerprint density at radius 2 is 2.00 bits per heavy atom. The molecule has 0 aliphatic carbocycles. The van der Waals surface area contributed by atoms with Crippen molar-refractivity contribution >= 4 is 38.4 Å². The standard InChI is InChI=1S/C22H20N4O4S/c1-12(2)10-26-20-18(19(27)24(3)22(26)30)17(21(28)29)16(31-20)11-25-7-6-14-8-13(9-23)4-5-15(14)25/h4-8,12H,10-11H2,1-3H3,(H,28,29). The fraction of sp³-hybridized carbons (Fsp3) is 0.273. The number of nitriles is 1. The van der Waals surface area contributed by atoms with Gasteiger partial charge in [-0.25, -0.2) is 9.59 Å². The molecule has 4 rings (SSSR count). The summed E-state index contributed by atoms with van der Waals surface area (Å²) in [6, 6.07) is 9.25. The van der Waals surface area contributed by atoms with E-state index < -0.39 is 17.2 Å². The molecule has 8 nitrogen and oxygen atoms in total. The van der Waals surface area contributed by atoms with E-state index >= 15 is 0 Å². The highest BCUT2D eigenvalue weighted by atomic mass is 32.1. The first-order valence-corrected chi connectivity index (χ1v) is 10.5. The lowest BCUT2D eigenvalue weighted by molar-refractivity contribution is 0.0698. The number of fused-ring (bicyclic) bond motifs is 2. The number of nitrogens with zero attached hydrogens (tertiary/aromatic N) is 4. The summed E-state index contributed by atoms with van der Waals surface area (Å²) >= 11 is 1.17. The summed E-state index contributed by atoms with van der Waals surface area (Å²) in [5.41, 5.74) is 0.274. The van der Waals surface area contributed by atoms with Gasteiger partial charge < -0.3 is 9.67 Å². The van der Waals surface area contributed by atoms with Gasteiger partial charge in [-0.2, -0.15) is 5.26 Å². The minimum Gasteiger partial charge on any atom is -0.478 e. The zero-order valence-electron chi connectivity index (χ0n) is 17.2. The highest BCUT2D eigenvalue weighted by molar-refractivity contribution is 7.19. The van der Waals surface area contributed by atoms with Crippen molar-refractivity contribution in [2.75, 3.05) is 0 Å². The Bertz CT molecular complexity index is 1510. The van der Waals surface area contributed by atoms with Crippen LogP contribution in [0.3, 0.4) is 0 Å². The molecular weight excluding hydrogens is 416 g/mol. The van der Waals surface area contributed by atoms with Gasteiger partial charge in [0.25, 0.3) is 5.56 Å². The molecule has 158 valence electrons. The van der Waals surface area contributed by atoms with E-state index in [1.165, 1.54) is 23.0 Å². The van der Waals surface area contributed by atoms with Gasteiger partial charge in [-0.3, -0.25) is 13.9 Å². The lowest BCUT2D eigenvalue weighted by Gasteiger charge is -2.11. The smallest absolute Gasteiger partial charge is 0.337 e. The quantitative estimate of drug-likeness (QED) is 0.517. The fourth-order valence-corrected chi connectivity index (χ4v) is 5.08. The van der Waals surface area contributed by atoms with Crippen LogP contribution >= 0.6 is 11.3 Å². The van der Waals surface area contributed by atoms with Gasteiger partial charge in [-0.15, -0.1) is 11.3 Å². The molecule has 0 unspecified atom stereocenters. The third kappa shape index (κ3) is 3.35. The maximum absolute atomic E-state index is 12.9. The van der Waals surface area contributed by atoms with E-state index in [1.54, 1.807) is 12.1 Å². The van der Waals surface area contributed by atoms with E-state index in [0.717, 1.165) is 15.5 Å². The second-order valence-corrected chi connectivity index (χ2v) is 8.95. The molecule has 4 aromatic rings. The Hall–Kier alpha value is -3.64. The lowest BCUT2D eigenvalue weighted by Crippen LogP contribution is -2.38. The topological polar surface area (TPSA) is 110 Å². The maximum atomic E-state index is 12.9. The molecule has 0 saturated carbocycles. The van der Waals surface area contributed by atoms with E-state index in [0.29, 0.717) is 21.8 Å². The first-order valence-electron chi connectivity index (χ1n) is 9.70. The molecule has 0 radical (unpaired) electrons. The molecule has 0 aliphatic rings. The van der Waals surface area contributed by atoms with Gasteiger partial charge in [-0.05, 0) is 30.2 Å². The van der Waals surface area contributed by atoms with Crippen molar-refractivity contribution in [2.45, 2.75) is 26.9 Å². The monoisotopic (exact) mass is 436 g/mol. The summed E-state index contributed by atoms with van der Waals surface area (Å²) in [5.74, 6) is -1.06. The van der Waals surface area contributed by atoms with Crippen LogP contribution in [0.4, 0.5) is 0 Å². The van der Waals surface area contributed by atoms with E-state index in [2.05, 4.69) is 6.07 Å². The van der Waals surface area contributed by atoms with Gasteiger partial charge in [0.2, 0.25) is 0 Å². The molecule has 0 spiro atoms. The van der Waals surface area contributed by atoms with Gasteiger partial charge in [0.05, 0.1) is 29.1 Å². The van der Waals surface area contributed by atoms with Crippen molar-refractivity contribution in [2.24, 2.45) is 13.0 Å². The van der Waals surface area contributed by atoms with Gasteiger partial charge >= 0.3 is 11.7 Å². The van der Waals surface area contributed by atoms with Crippen molar-refractivity contribution in [3.63, 3.8) is 0 Å². The number of hydrogen-bond acceptors (Lipinski definition) is 5. The Kier molecular flexibility index (Phi) is 5.03. The molecule has 0 bridgehead atoms. The predicted octanol–water partition coefficient (Wildman–Crippen LogP) is 2.99. The van der Waals surface area contributed by atoms with Crippen LogP contribution < -0.4 is 11.2 Å².